The second-order valence-corrected chi connectivity index (χ2v) is 3.35. The van der Waals surface area contributed by atoms with Gasteiger partial charge in [-0.1, -0.05) is 0 Å². The second kappa shape index (κ2) is 3.30. The van der Waals surface area contributed by atoms with E-state index < -0.39 is 0 Å². The Labute approximate surface area is 90.0 Å². The van der Waals surface area contributed by atoms with E-state index in [1.165, 1.54) is 6.07 Å². The Bertz CT molecular complexity index is 686. The van der Waals surface area contributed by atoms with Gasteiger partial charge in [0, 0.05) is 17.1 Å². The van der Waals surface area contributed by atoms with Crippen molar-refractivity contribution in [1.82, 2.24) is 14.8 Å². The third kappa shape index (κ3) is 1.38. The molecule has 0 spiro atoms. The van der Waals surface area contributed by atoms with Gasteiger partial charge in [0.25, 0.3) is 0 Å². The Morgan fingerprint density at radius 3 is 2.69 bits per heavy atom. The van der Waals surface area contributed by atoms with E-state index in [0.29, 0.717) is 5.58 Å². The van der Waals surface area contributed by atoms with Gasteiger partial charge >= 0.3 is 5.63 Å². The molecule has 0 radical (unpaired) electrons. The van der Waals surface area contributed by atoms with Crippen LogP contribution in [-0.2, 0) is 0 Å². The highest BCUT2D eigenvalue weighted by Crippen LogP contribution is 2.16. The van der Waals surface area contributed by atoms with E-state index in [1.807, 2.05) is 12.1 Å². The molecule has 1 aromatic carbocycles. The summed E-state index contributed by atoms with van der Waals surface area (Å²) in [5.74, 6) is 0. The van der Waals surface area contributed by atoms with Crippen LogP contribution in [-0.4, -0.2) is 14.8 Å². The summed E-state index contributed by atoms with van der Waals surface area (Å²) in [6.45, 7) is 0. The molecule has 2 aromatic heterocycles. The first kappa shape index (κ1) is 8.84. The lowest BCUT2D eigenvalue weighted by Gasteiger charge is -2.01. The van der Waals surface area contributed by atoms with Crippen LogP contribution in [0.4, 0.5) is 0 Å². The molecule has 0 aliphatic carbocycles. The lowest BCUT2D eigenvalue weighted by atomic mass is 10.2. The summed E-state index contributed by atoms with van der Waals surface area (Å²) >= 11 is 0. The first-order valence-electron chi connectivity index (χ1n) is 4.72. The van der Waals surface area contributed by atoms with Crippen molar-refractivity contribution in [2.75, 3.05) is 0 Å². The molecule has 0 fully saturated rings. The van der Waals surface area contributed by atoms with Crippen molar-refractivity contribution in [3.8, 4) is 5.69 Å². The number of hydrogen-bond acceptors (Lipinski definition) is 4. The predicted molar refractivity (Wildman–Crippen MR) is 57.4 cm³/mol. The number of nitrogens with zero attached hydrogens (tertiary/aromatic N) is 3. The van der Waals surface area contributed by atoms with Crippen LogP contribution in [0.2, 0.25) is 0 Å². The van der Waals surface area contributed by atoms with Gasteiger partial charge in [0.15, 0.2) is 0 Å². The molecule has 0 saturated carbocycles. The van der Waals surface area contributed by atoms with Gasteiger partial charge in [0.05, 0.1) is 0 Å². The summed E-state index contributed by atoms with van der Waals surface area (Å²) in [6, 6.07) is 8.63. The fourth-order valence-electron chi connectivity index (χ4n) is 1.55. The first-order chi connectivity index (χ1) is 7.83. The zero-order chi connectivity index (χ0) is 11.0. The lowest BCUT2D eigenvalue weighted by molar-refractivity contribution is 0.561. The lowest BCUT2D eigenvalue weighted by Crippen LogP contribution is -1.95. The summed E-state index contributed by atoms with van der Waals surface area (Å²) in [5.41, 5.74) is 1.15. The summed E-state index contributed by atoms with van der Waals surface area (Å²) in [6.07, 6.45) is 3.22. The van der Waals surface area contributed by atoms with Crippen LogP contribution in [0.15, 0.2) is 52.2 Å². The van der Waals surface area contributed by atoms with Gasteiger partial charge in [-0.05, 0) is 24.3 Å². The quantitative estimate of drug-likeness (QED) is 0.573. The SMILES string of the molecule is O=c1ccc2cc(-n3cnnc3)ccc2o1. The van der Waals surface area contributed by atoms with Crippen molar-refractivity contribution in [2.24, 2.45) is 0 Å². The van der Waals surface area contributed by atoms with Crippen LogP contribution in [0.1, 0.15) is 0 Å². The molecule has 0 amide bonds. The van der Waals surface area contributed by atoms with Crippen LogP contribution in [0.5, 0.6) is 0 Å². The predicted octanol–water partition coefficient (Wildman–Crippen LogP) is 1.37. The normalized spacial score (nSPS) is 10.8. The topological polar surface area (TPSA) is 60.9 Å². The molecule has 0 atom stereocenters. The van der Waals surface area contributed by atoms with Crippen LogP contribution in [0.3, 0.4) is 0 Å². The molecule has 0 unspecified atom stereocenters. The maximum absolute atomic E-state index is 11.0. The summed E-state index contributed by atoms with van der Waals surface area (Å²) in [7, 11) is 0. The molecular weight excluding hydrogens is 206 g/mol. The molecule has 0 N–H and O–H groups in total. The van der Waals surface area contributed by atoms with E-state index in [-0.39, 0.29) is 5.63 Å². The molecule has 0 aliphatic heterocycles. The maximum Gasteiger partial charge on any atom is 0.336 e. The number of benzene rings is 1. The smallest absolute Gasteiger partial charge is 0.336 e. The monoisotopic (exact) mass is 213 g/mol. The zero-order valence-electron chi connectivity index (χ0n) is 8.20. The third-order valence-electron chi connectivity index (χ3n) is 2.32. The van der Waals surface area contributed by atoms with Crippen molar-refractivity contribution in [2.45, 2.75) is 0 Å². The van der Waals surface area contributed by atoms with E-state index >= 15 is 0 Å². The largest absolute Gasteiger partial charge is 0.423 e. The second-order valence-electron chi connectivity index (χ2n) is 3.35. The van der Waals surface area contributed by atoms with Crippen LogP contribution < -0.4 is 5.63 Å². The Morgan fingerprint density at radius 1 is 1.06 bits per heavy atom. The Morgan fingerprint density at radius 2 is 1.88 bits per heavy atom. The molecule has 3 rings (SSSR count). The van der Waals surface area contributed by atoms with Crippen molar-refractivity contribution < 1.29 is 4.42 Å². The first-order valence-corrected chi connectivity index (χ1v) is 4.72. The zero-order valence-corrected chi connectivity index (χ0v) is 8.20. The van der Waals surface area contributed by atoms with Crippen LogP contribution in [0, 0.1) is 0 Å². The van der Waals surface area contributed by atoms with Gasteiger partial charge < -0.3 is 4.42 Å². The van der Waals surface area contributed by atoms with Gasteiger partial charge in [-0.15, -0.1) is 10.2 Å². The van der Waals surface area contributed by atoms with Gasteiger partial charge in [-0.25, -0.2) is 4.79 Å². The molecular formula is C11H7N3O2. The van der Waals surface area contributed by atoms with E-state index in [4.69, 9.17) is 4.42 Å². The van der Waals surface area contributed by atoms with Crippen molar-refractivity contribution in [3.63, 3.8) is 0 Å². The maximum atomic E-state index is 11.0. The highest BCUT2D eigenvalue weighted by molar-refractivity contribution is 5.78. The Kier molecular flexibility index (Phi) is 1.83. The van der Waals surface area contributed by atoms with Gasteiger partial charge in [-0.3, -0.25) is 4.57 Å². The fraction of sp³-hybridized carbons (Fsp3) is 0. The van der Waals surface area contributed by atoms with E-state index in [2.05, 4.69) is 10.2 Å². The van der Waals surface area contributed by atoms with E-state index in [9.17, 15) is 4.79 Å². The van der Waals surface area contributed by atoms with Gasteiger partial charge in [-0.2, -0.15) is 0 Å². The highest BCUT2D eigenvalue weighted by Gasteiger charge is 2.00. The number of aromatic nitrogens is 3. The van der Waals surface area contributed by atoms with E-state index in [0.717, 1.165) is 11.1 Å². The Hall–Kier alpha value is -2.43. The molecule has 5 nitrogen and oxygen atoms in total. The third-order valence-corrected chi connectivity index (χ3v) is 2.32. The average molecular weight is 213 g/mol. The minimum atomic E-state index is -0.343. The number of fused-ring (bicyclic) bond motifs is 1. The molecule has 78 valence electrons. The van der Waals surface area contributed by atoms with E-state index in [1.54, 1.807) is 29.4 Å². The molecule has 16 heavy (non-hydrogen) atoms. The molecule has 2 heterocycles. The highest BCUT2D eigenvalue weighted by atomic mass is 16.4. The summed E-state index contributed by atoms with van der Waals surface area (Å²) in [5, 5.41) is 8.33. The van der Waals surface area contributed by atoms with Crippen LogP contribution in [0.25, 0.3) is 16.7 Å². The molecule has 0 aliphatic rings. The standard InChI is InChI=1S/C11H7N3O2/c15-11-4-1-8-5-9(2-3-10(8)16-11)14-6-12-13-7-14/h1-7H. The van der Waals surface area contributed by atoms with Crippen molar-refractivity contribution in [3.05, 3.63) is 53.4 Å². The van der Waals surface area contributed by atoms with Crippen molar-refractivity contribution in [1.29, 1.82) is 0 Å². The van der Waals surface area contributed by atoms with Gasteiger partial charge in [0.2, 0.25) is 0 Å². The molecule has 0 bridgehead atoms. The summed E-state index contributed by atoms with van der Waals surface area (Å²) in [4.78, 5) is 11.0. The molecule has 5 heteroatoms. The minimum Gasteiger partial charge on any atom is -0.423 e. The van der Waals surface area contributed by atoms with Gasteiger partial charge in [0.1, 0.15) is 18.2 Å². The molecule has 0 saturated heterocycles. The minimum absolute atomic E-state index is 0.343. The number of hydrogen-bond donors (Lipinski definition) is 0. The molecule has 3 aromatic rings. The number of rotatable bonds is 1. The summed E-state index contributed by atoms with van der Waals surface area (Å²) < 4.78 is 6.82. The Balaban J connectivity index is 2.24. The van der Waals surface area contributed by atoms with Crippen molar-refractivity contribution >= 4 is 11.0 Å². The average Bonchev–Trinajstić information content (AvgIpc) is 2.82. The van der Waals surface area contributed by atoms with Crippen LogP contribution >= 0.6 is 0 Å². The fourth-order valence-corrected chi connectivity index (χ4v) is 1.55.